The van der Waals surface area contributed by atoms with E-state index in [0.29, 0.717) is 43.4 Å². The van der Waals surface area contributed by atoms with E-state index >= 15 is 0 Å². The summed E-state index contributed by atoms with van der Waals surface area (Å²) in [5.74, 6) is 2.13. The Kier molecular flexibility index (Phi) is 18.7. The molecule has 26 heavy (non-hydrogen) atoms. The van der Waals surface area contributed by atoms with Gasteiger partial charge in [-0.15, -0.1) is 23.2 Å². The van der Waals surface area contributed by atoms with Gasteiger partial charge in [0, 0.05) is 51.8 Å². The molecule has 0 fully saturated rings. The maximum absolute atomic E-state index is 5.81. The zero-order valence-corrected chi connectivity index (χ0v) is 21.4. The SMILES string of the molecule is CCO[Si](CC(C)CCl)(OCC)OCC.CO[Si](C)(CC(C)CCl)OC. The summed E-state index contributed by atoms with van der Waals surface area (Å²) in [5, 5.41) is 0. The molecule has 0 saturated carbocycles. The second-order valence-electron chi connectivity index (χ2n) is 6.45. The summed E-state index contributed by atoms with van der Waals surface area (Å²) in [6.45, 7) is 14.0. The number of alkyl halides is 2. The minimum absolute atomic E-state index is 0.364. The lowest BCUT2D eigenvalue weighted by molar-refractivity contribution is 0.0684. The van der Waals surface area contributed by atoms with Gasteiger partial charge in [0.05, 0.1) is 0 Å². The van der Waals surface area contributed by atoms with Crippen LogP contribution in [-0.2, 0) is 22.1 Å². The number of hydrogen-bond acceptors (Lipinski definition) is 5. The van der Waals surface area contributed by atoms with Crippen molar-refractivity contribution in [3.8, 4) is 0 Å². The monoisotopic (exact) mass is 450 g/mol. The van der Waals surface area contributed by atoms with Crippen LogP contribution in [0.3, 0.4) is 0 Å². The number of rotatable bonds is 14. The van der Waals surface area contributed by atoms with Crippen molar-refractivity contribution < 1.29 is 22.1 Å². The van der Waals surface area contributed by atoms with Gasteiger partial charge in [-0.3, -0.25) is 0 Å². The maximum atomic E-state index is 5.81. The van der Waals surface area contributed by atoms with Crippen molar-refractivity contribution in [3.63, 3.8) is 0 Å². The molecule has 0 aliphatic rings. The van der Waals surface area contributed by atoms with Crippen LogP contribution in [0.1, 0.15) is 34.6 Å². The molecular formula is C17H40Cl2O5Si2. The molecule has 0 aromatic heterocycles. The normalized spacial score (nSPS) is 14.5. The van der Waals surface area contributed by atoms with Crippen molar-refractivity contribution in [1.29, 1.82) is 0 Å². The van der Waals surface area contributed by atoms with Crippen LogP contribution in [0, 0.1) is 11.8 Å². The van der Waals surface area contributed by atoms with Gasteiger partial charge in [-0.1, -0.05) is 13.8 Å². The highest BCUT2D eigenvalue weighted by molar-refractivity contribution is 6.66. The highest BCUT2D eigenvalue weighted by Crippen LogP contribution is 2.22. The van der Waals surface area contributed by atoms with Gasteiger partial charge in [0.15, 0.2) is 0 Å². The summed E-state index contributed by atoms with van der Waals surface area (Å²) in [6.07, 6.45) is 0. The minimum atomic E-state index is -2.46. The van der Waals surface area contributed by atoms with Gasteiger partial charge in [-0.05, 0) is 45.2 Å². The molecule has 160 valence electrons. The second kappa shape index (κ2) is 16.7. The molecule has 0 N–H and O–H groups in total. The van der Waals surface area contributed by atoms with Crippen molar-refractivity contribution in [2.75, 3.05) is 45.8 Å². The van der Waals surface area contributed by atoms with E-state index in [1.165, 1.54) is 0 Å². The fourth-order valence-electron chi connectivity index (χ4n) is 2.38. The quantitative estimate of drug-likeness (QED) is 0.270. The van der Waals surface area contributed by atoms with Crippen molar-refractivity contribution in [1.82, 2.24) is 0 Å². The predicted molar refractivity (Wildman–Crippen MR) is 116 cm³/mol. The summed E-state index contributed by atoms with van der Waals surface area (Å²) in [7, 11) is -0.920. The zero-order valence-electron chi connectivity index (χ0n) is 17.9. The Hall–Kier alpha value is 0.814. The molecule has 2 atom stereocenters. The summed E-state index contributed by atoms with van der Waals surface area (Å²) >= 11 is 11.5. The molecule has 0 aliphatic heterocycles. The molecule has 0 spiro atoms. The van der Waals surface area contributed by atoms with E-state index in [4.69, 9.17) is 45.3 Å². The highest BCUT2D eigenvalue weighted by Gasteiger charge is 2.41. The Bertz CT molecular complexity index is 307. The van der Waals surface area contributed by atoms with Gasteiger partial charge in [0.2, 0.25) is 0 Å². The lowest BCUT2D eigenvalue weighted by Crippen LogP contribution is -2.47. The summed E-state index contributed by atoms with van der Waals surface area (Å²) in [4.78, 5) is 0. The van der Waals surface area contributed by atoms with Crippen molar-refractivity contribution in [3.05, 3.63) is 0 Å². The third kappa shape index (κ3) is 13.1. The zero-order chi connectivity index (χ0) is 20.6. The van der Waals surface area contributed by atoms with Gasteiger partial charge in [0.1, 0.15) is 0 Å². The molecule has 0 saturated heterocycles. The van der Waals surface area contributed by atoms with Crippen LogP contribution >= 0.6 is 23.2 Å². The lowest BCUT2D eigenvalue weighted by Gasteiger charge is -2.30. The lowest BCUT2D eigenvalue weighted by atomic mass is 10.3. The van der Waals surface area contributed by atoms with E-state index in [9.17, 15) is 0 Å². The Labute approximate surface area is 173 Å². The minimum Gasteiger partial charge on any atom is -0.398 e. The molecule has 0 heterocycles. The topological polar surface area (TPSA) is 46.2 Å². The fourth-order valence-corrected chi connectivity index (χ4v) is 7.80. The Balaban J connectivity index is 0. The van der Waals surface area contributed by atoms with E-state index in [1.54, 1.807) is 14.2 Å². The Morgan fingerprint density at radius 3 is 1.35 bits per heavy atom. The van der Waals surface area contributed by atoms with Crippen molar-refractivity contribution in [2.45, 2.75) is 53.3 Å². The van der Waals surface area contributed by atoms with Crippen LogP contribution in [0.5, 0.6) is 0 Å². The Morgan fingerprint density at radius 1 is 0.731 bits per heavy atom. The first-order valence-electron chi connectivity index (χ1n) is 9.35. The van der Waals surface area contributed by atoms with Crippen molar-refractivity contribution >= 4 is 40.6 Å². The van der Waals surface area contributed by atoms with Crippen LogP contribution in [0.2, 0.25) is 18.6 Å². The summed E-state index contributed by atoms with van der Waals surface area (Å²) in [6, 6.07) is 1.76. The van der Waals surface area contributed by atoms with Crippen LogP contribution in [0.25, 0.3) is 0 Å². The third-order valence-electron chi connectivity index (χ3n) is 3.80. The molecule has 0 bridgehead atoms. The van der Waals surface area contributed by atoms with E-state index in [1.807, 2.05) is 20.8 Å². The average Bonchev–Trinajstić information content (AvgIpc) is 2.62. The van der Waals surface area contributed by atoms with Crippen LogP contribution in [0.15, 0.2) is 0 Å². The fraction of sp³-hybridized carbons (Fsp3) is 1.00. The smallest absolute Gasteiger partial charge is 0.398 e. The third-order valence-corrected chi connectivity index (χ3v) is 11.4. The van der Waals surface area contributed by atoms with E-state index in [2.05, 4.69) is 20.4 Å². The standard InChI is InChI=1S/C10H23ClO3Si.C7H17ClO2Si/c1-5-12-15(13-6-2,14-7-3)9-10(4)8-11;1-7(5-8)6-11(4,9-2)10-3/h10H,5-9H2,1-4H3;7H,5-6H2,1-4H3. The van der Waals surface area contributed by atoms with Gasteiger partial charge in [-0.25, -0.2) is 0 Å². The summed E-state index contributed by atoms with van der Waals surface area (Å²) < 4.78 is 27.8. The largest absolute Gasteiger partial charge is 0.501 e. The first-order chi connectivity index (χ1) is 12.2. The maximum Gasteiger partial charge on any atom is 0.501 e. The van der Waals surface area contributed by atoms with Gasteiger partial charge in [-0.2, -0.15) is 0 Å². The van der Waals surface area contributed by atoms with Gasteiger partial charge >= 0.3 is 17.4 Å². The second-order valence-corrected chi connectivity index (χ2v) is 13.2. The molecule has 0 aromatic rings. The van der Waals surface area contributed by atoms with Crippen LogP contribution in [-0.4, -0.2) is 63.2 Å². The molecule has 9 heteroatoms. The van der Waals surface area contributed by atoms with Crippen molar-refractivity contribution in [2.24, 2.45) is 11.8 Å². The molecule has 2 unspecified atom stereocenters. The van der Waals surface area contributed by atoms with Gasteiger partial charge < -0.3 is 22.1 Å². The molecule has 0 aliphatic carbocycles. The van der Waals surface area contributed by atoms with E-state index in [-0.39, 0.29) is 0 Å². The molecule has 0 rings (SSSR count). The molecular weight excluding hydrogens is 411 g/mol. The van der Waals surface area contributed by atoms with Crippen LogP contribution in [0.4, 0.5) is 0 Å². The first kappa shape index (κ1) is 29.0. The summed E-state index contributed by atoms with van der Waals surface area (Å²) in [5.41, 5.74) is 0. The average molecular weight is 452 g/mol. The first-order valence-corrected chi connectivity index (χ1v) is 14.9. The molecule has 0 radical (unpaired) electrons. The molecule has 5 nitrogen and oxygen atoms in total. The number of halogens is 2. The molecule has 0 aromatic carbocycles. The number of hydrogen-bond donors (Lipinski definition) is 0. The van der Waals surface area contributed by atoms with Crippen LogP contribution < -0.4 is 0 Å². The predicted octanol–water partition coefficient (Wildman–Crippen LogP) is 5.14. The van der Waals surface area contributed by atoms with E-state index < -0.39 is 17.4 Å². The Morgan fingerprint density at radius 2 is 1.08 bits per heavy atom. The molecule has 0 amide bonds. The van der Waals surface area contributed by atoms with E-state index in [0.717, 1.165) is 12.1 Å². The van der Waals surface area contributed by atoms with Gasteiger partial charge in [0.25, 0.3) is 0 Å². The highest BCUT2D eigenvalue weighted by atomic mass is 35.5.